The summed E-state index contributed by atoms with van der Waals surface area (Å²) in [6, 6.07) is 2.40. The van der Waals surface area contributed by atoms with E-state index in [2.05, 4.69) is 0 Å². The number of carboxylic acid groups (broad SMARTS) is 1. The second-order valence-electron chi connectivity index (χ2n) is 5.86. The first-order valence-corrected chi connectivity index (χ1v) is 6.89. The SMILES string of the molecule is CCCN(CC(C)(C)CN)c1ccc(C(=O)O)c(F)c1F. The predicted octanol–water partition coefficient (Wildman–Crippen LogP) is 2.86. The van der Waals surface area contributed by atoms with E-state index < -0.39 is 23.2 Å². The Hall–Kier alpha value is -1.69. The molecule has 0 radical (unpaired) electrons. The van der Waals surface area contributed by atoms with Crippen LogP contribution in [-0.4, -0.2) is 30.7 Å². The molecule has 118 valence electrons. The summed E-state index contributed by atoms with van der Waals surface area (Å²) in [5.74, 6) is -3.94. The Morgan fingerprint density at radius 1 is 1.33 bits per heavy atom. The van der Waals surface area contributed by atoms with Crippen molar-refractivity contribution in [1.82, 2.24) is 0 Å². The monoisotopic (exact) mass is 300 g/mol. The van der Waals surface area contributed by atoms with Crippen molar-refractivity contribution in [2.45, 2.75) is 27.2 Å². The number of carbonyl (C=O) groups is 1. The second-order valence-corrected chi connectivity index (χ2v) is 5.86. The van der Waals surface area contributed by atoms with Crippen LogP contribution in [-0.2, 0) is 0 Å². The van der Waals surface area contributed by atoms with Crippen LogP contribution in [0.25, 0.3) is 0 Å². The van der Waals surface area contributed by atoms with Crippen LogP contribution < -0.4 is 10.6 Å². The number of hydrogen-bond acceptors (Lipinski definition) is 3. The smallest absolute Gasteiger partial charge is 0.338 e. The molecule has 0 aliphatic carbocycles. The molecule has 1 aromatic rings. The van der Waals surface area contributed by atoms with Crippen LogP contribution in [0.15, 0.2) is 12.1 Å². The minimum atomic E-state index is -1.48. The number of aromatic carboxylic acids is 1. The number of carboxylic acids is 1. The molecule has 4 nitrogen and oxygen atoms in total. The van der Waals surface area contributed by atoms with Crippen LogP contribution in [0, 0.1) is 17.0 Å². The number of nitrogens with zero attached hydrogens (tertiary/aromatic N) is 1. The van der Waals surface area contributed by atoms with Crippen molar-refractivity contribution in [2.24, 2.45) is 11.1 Å². The summed E-state index contributed by atoms with van der Waals surface area (Å²) in [5.41, 5.74) is 4.84. The van der Waals surface area contributed by atoms with E-state index in [1.165, 1.54) is 6.07 Å². The molecule has 6 heteroatoms. The van der Waals surface area contributed by atoms with Crippen LogP contribution in [0.3, 0.4) is 0 Å². The van der Waals surface area contributed by atoms with Gasteiger partial charge in [0, 0.05) is 13.1 Å². The zero-order chi connectivity index (χ0) is 16.2. The molecule has 0 atom stereocenters. The van der Waals surface area contributed by atoms with E-state index in [0.717, 1.165) is 12.5 Å². The molecule has 1 rings (SSSR count). The number of halogens is 2. The fourth-order valence-electron chi connectivity index (χ4n) is 2.08. The normalized spacial score (nSPS) is 11.5. The Kier molecular flexibility index (Phi) is 5.66. The number of anilines is 1. The standard InChI is InChI=1S/C15H22F2N2O2/c1-4-7-19(9-15(2,3)8-18)11-6-5-10(14(20)21)12(16)13(11)17/h5-6H,4,7-9,18H2,1-3H3,(H,20,21). The average molecular weight is 300 g/mol. The highest BCUT2D eigenvalue weighted by molar-refractivity contribution is 5.88. The molecular weight excluding hydrogens is 278 g/mol. The summed E-state index contributed by atoms with van der Waals surface area (Å²) in [7, 11) is 0. The summed E-state index contributed by atoms with van der Waals surface area (Å²) in [6.07, 6.45) is 0.752. The van der Waals surface area contributed by atoms with Gasteiger partial charge in [-0.3, -0.25) is 0 Å². The van der Waals surface area contributed by atoms with E-state index in [1.807, 2.05) is 20.8 Å². The lowest BCUT2D eigenvalue weighted by atomic mass is 9.92. The Labute approximate surface area is 123 Å². The molecule has 0 spiro atoms. The molecule has 0 saturated carbocycles. The Balaban J connectivity index is 3.20. The molecule has 3 N–H and O–H groups in total. The van der Waals surface area contributed by atoms with Crippen molar-refractivity contribution in [3.05, 3.63) is 29.3 Å². The first-order valence-electron chi connectivity index (χ1n) is 6.89. The van der Waals surface area contributed by atoms with E-state index in [9.17, 15) is 13.6 Å². The third-order valence-corrected chi connectivity index (χ3v) is 3.30. The van der Waals surface area contributed by atoms with Gasteiger partial charge >= 0.3 is 5.97 Å². The maximum atomic E-state index is 14.2. The van der Waals surface area contributed by atoms with E-state index in [0.29, 0.717) is 19.6 Å². The number of nitrogens with two attached hydrogens (primary N) is 1. The minimum absolute atomic E-state index is 0.0703. The Bertz CT molecular complexity index is 519. The van der Waals surface area contributed by atoms with Gasteiger partial charge in [0.05, 0.1) is 11.3 Å². The fraction of sp³-hybridized carbons (Fsp3) is 0.533. The van der Waals surface area contributed by atoms with Crippen molar-refractivity contribution in [3.8, 4) is 0 Å². The zero-order valence-electron chi connectivity index (χ0n) is 12.6. The summed E-state index contributed by atoms with van der Waals surface area (Å²) in [5, 5.41) is 8.81. The van der Waals surface area contributed by atoms with Gasteiger partial charge in [0.15, 0.2) is 11.6 Å². The molecule has 0 aromatic heterocycles. The van der Waals surface area contributed by atoms with Crippen LogP contribution in [0.2, 0.25) is 0 Å². The quantitative estimate of drug-likeness (QED) is 0.812. The molecule has 0 bridgehead atoms. The highest BCUT2D eigenvalue weighted by atomic mass is 19.2. The van der Waals surface area contributed by atoms with Gasteiger partial charge in [-0.05, 0) is 30.5 Å². The van der Waals surface area contributed by atoms with Gasteiger partial charge in [-0.15, -0.1) is 0 Å². The fourth-order valence-corrected chi connectivity index (χ4v) is 2.08. The predicted molar refractivity (Wildman–Crippen MR) is 78.7 cm³/mol. The van der Waals surface area contributed by atoms with Gasteiger partial charge in [0.2, 0.25) is 0 Å². The topological polar surface area (TPSA) is 66.6 Å². The third kappa shape index (κ3) is 4.14. The van der Waals surface area contributed by atoms with Crippen LogP contribution in [0.1, 0.15) is 37.6 Å². The van der Waals surface area contributed by atoms with Crippen molar-refractivity contribution >= 4 is 11.7 Å². The van der Waals surface area contributed by atoms with Gasteiger partial charge in [-0.2, -0.15) is 0 Å². The lowest BCUT2D eigenvalue weighted by Crippen LogP contribution is -2.39. The maximum absolute atomic E-state index is 14.2. The molecule has 0 unspecified atom stereocenters. The molecule has 21 heavy (non-hydrogen) atoms. The molecule has 1 aromatic carbocycles. The average Bonchev–Trinajstić information content (AvgIpc) is 2.40. The van der Waals surface area contributed by atoms with Gasteiger partial charge in [-0.25, -0.2) is 13.6 Å². The van der Waals surface area contributed by atoms with Crippen molar-refractivity contribution in [1.29, 1.82) is 0 Å². The van der Waals surface area contributed by atoms with Gasteiger partial charge in [0.25, 0.3) is 0 Å². The van der Waals surface area contributed by atoms with Crippen LogP contribution in [0.4, 0.5) is 14.5 Å². The highest BCUT2D eigenvalue weighted by Crippen LogP contribution is 2.27. The van der Waals surface area contributed by atoms with E-state index in [-0.39, 0.29) is 11.1 Å². The Morgan fingerprint density at radius 3 is 2.43 bits per heavy atom. The lowest BCUT2D eigenvalue weighted by Gasteiger charge is -2.33. The molecule has 0 saturated heterocycles. The minimum Gasteiger partial charge on any atom is -0.478 e. The number of rotatable bonds is 7. The molecule has 0 fully saturated rings. The second kappa shape index (κ2) is 6.85. The summed E-state index contributed by atoms with van der Waals surface area (Å²) in [6.45, 7) is 7.21. The molecule has 0 aliphatic heterocycles. The summed E-state index contributed by atoms with van der Waals surface area (Å²) in [4.78, 5) is 12.5. The largest absolute Gasteiger partial charge is 0.478 e. The lowest BCUT2D eigenvalue weighted by molar-refractivity contribution is 0.0690. The van der Waals surface area contributed by atoms with E-state index in [4.69, 9.17) is 10.8 Å². The molecule has 0 heterocycles. The zero-order valence-corrected chi connectivity index (χ0v) is 12.6. The van der Waals surface area contributed by atoms with Crippen molar-refractivity contribution in [2.75, 3.05) is 24.5 Å². The van der Waals surface area contributed by atoms with E-state index in [1.54, 1.807) is 4.90 Å². The van der Waals surface area contributed by atoms with Crippen LogP contribution >= 0.6 is 0 Å². The highest BCUT2D eigenvalue weighted by Gasteiger charge is 2.25. The summed E-state index contributed by atoms with van der Waals surface area (Å²) < 4.78 is 28.0. The summed E-state index contributed by atoms with van der Waals surface area (Å²) >= 11 is 0. The number of hydrogen-bond donors (Lipinski definition) is 2. The van der Waals surface area contributed by atoms with E-state index >= 15 is 0 Å². The van der Waals surface area contributed by atoms with Gasteiger partial charge < -0.3 is 15.7 Å². The Morgan fingerprint density at radius 2 is 1.95 bits per heavy atom. The third-order valence-electron chi connectivity index (χ3n) is 3.30. The van der Waals surface area contributed by atoms with Crippen LogP contribution in [0.5, 0.6) is 0 Å². The van der Waals surface area contributed by atoms with Crippen molar-refractivity contribution in [3.63, 3.8) is 0 Å². The van der Waals surface area contributed by atoms with Gasteiger partial charge in [-0.1, -0.05) is 20.8 Å². The maximum Gasteiger partial charge on any atom is 0.338 e. The van der Waals surface area contributed by atoms with Gasteiger partial charge in [0.1, 0.15) is 0 Å². The molecule has 0 aliphatic rings. The number of benzene rings is 1. The van der Waals surface area contributed by atoms with Crippen molar-refractivity contribution < 1.29 is 18.7 Å². The molecular formula is C15H22F2N2O2. The molecule has 0 amide bonds. The first kappa shape index (κ1) is 17.4. The first-order chi connectivity index (χ1) is 9.73.